The molecule has 0 radical (unpaired) electrons. The Morgan fingerprint density at radius 2 is 2.07 bits per heavy atom. The lowest BCUT2D eigenvalue weighted by Gasteiger charge is -2.31. The third-order valence-corrected chi connectivity index (χ3v) is 4.81. The summed E-state index contributed by atoms with van der Waals surface area (Å²) < 4.78 is 10.7. The van der Waals surface area contributed by atoms with Gasteiger partial charge in [-0.2, -0.15) is 0 Å². The number of hydrogen-bond donors (Lipinski definition) is 2. The molecule has 1 aliphatic heterocycles. The van der Waals surface area contributed by atoms with E-state index in [0.717, 1.165) is 32.4 Å². The van der Waals surface area contributed by atoms with Crippen LogP contribution >= 0.6 is 0 Å². The first kappa shape index (κ1) is 21.7. The van der Waals surface area contributed by atoms with Crippen LogP contribution in [0, 0.1) is 5.92 Å². The van der Waals surface area contributed by atoms with Crippen molar-refractivity contribution in [2.45, 2.75) is 26.2 Å². The summed E-state index contributed by atoms with van der Waals surface area (Å²) >= 11 is 0. The molecule has 0 spiro atoms. The number of nitrogens with two attached hydrogens (primary N) is 1. The zero-order valence-corrected chi connectivity index (χ0v) is 16.5. The second-order valence-electron chi connectivity index (χ2n) is 6.96. The van der Waals surface area contributed by atoms with Crippen LogP contribution < -0.4 is 20.5 Å². The van der Waals surface area contributed by atoms with Gasteiger partial charge in [0.05, 0.1) is 13.0 Å². The lowest BCUT2D eigenvalue weighted by Crippen LogP contribution is -2.42. The van der Waals surface area contributed by atoms with E-state index in [-0.39, 0.29) is 30.1 Å². The average Bonchev–Trinajstić information content (AvgIpc) is 2.69. The molecule has 0 aromatic heterocycles. The fraction of sp³-hybridized carbons (Fsp3) is 0.550. The third-order valence-electron chi connectivity index (χ3n) is 4.81. The maximum atomic E-state index is 12.0. The van der Waals surface area contributed by atoms with Gasteiger partial charge in [0.25, 0.3) is 5.91 Å². The van der Waals surface area contributed by atoms with Gasteiger partial charge >= 0.3 is 0 Å². The minimum atomic E-state index is -0.234. The van der Waals surface area contributed by atoms with Crippen LogP contribution in [-0.2, 0) is 9.59 Å². The molecule has 1 aromatic rings. The number of ether oxygens (including phenoxy) is 2. The summed E-state index contributed by atoms with van der Waals surface area (Å²) in [4.78, 5) is 36.9. The van der Waals surface area contributed by atoms with Gasteiger partial charge in [0.1, 0.15) is 0 Å². The largest absolute Gasteiger partial charge is 0.493 e. The van der Waals surface area contributed by atoms with Crippen molar-refractivity contribution in [2.75, 3.05) is 39.9 Å². The molecule has 0 saturated carbocycles. The van der Waals surface area contributed by atoms with Gasteiger partial charge in [-0.05, 0) is 57.5 Å². The van der Waals surface area contributed by atoms with Gasteiger partial charge in [-0.3, -0.25) is 14.4 Å². The van der Waals surface area contributed by atoms with Gasteiger partial charge in [0.15, 0.2) is 23.9 Å². The fourth-order valence-electron chi connectivity index (χ4n) is 3.22. The zero-order valence-electron chi connectivity index (χ0n) is 16.5. The van der Waals surface area contributed by atoms with E-state index in [0.29, 0.717) is 30.2 Å². The highest BCUT2D eigenvalue weighted by atomic mass is 16.5. The predicted octanol–water partition coefficient (Wildman–Crippen LogP) is 0.980. The van der Waals surface area contributed by atoms with Crippen LogP contribution in [0.15, 0.2) is 18.2 Å². The number of amides is 2. The van der Waals surface area contributed by atoms with Crippen molar-refractivity contribution in [3.8, 4) is 11.5 Å². The Morgan fingerprint density at radius 1 is 1.29 bits per heavy atom. The molecule has 1 saturated heterocycles. The molecule has 28 heavy (non-hydrogen) atoms. The van der Waals surface area contributed by atoms with E-state index in [1.165, 1.54) is 14.0 Å². The number of ketones is 1. The molecule has 1 aliphatic rings. The Morgan fingerprint density at radius 3 is 2.75 bits per heavy atom. The number of Topliss-reactive ketones (excluding diaryl/α,β-unsaturated/α-hetero) is 1. The number of nitrogens with one attached hydrogen (secondary N) is 1. The molecule has 0 bridgehead atoms. The molecule has 154 valence electrons. The standard InChI is InChI=1S/C20H29N3O5/c1-14(24)15-6-7-17(18(11-15)27-2)28-13-19(25)22-8-4-10-23-9-3-5-16(12-23)20(21)26/h6-7,11,16H,3-5,8-10,12-13H2,1-2H3,(H2,21,26)(H,22,25). The summed E-state index contributed by atoms with van der Waals surface area (Å²) in [5.74, 6) is 0.218. The van der Waals surface area contributed by atoms with Crippen LogP contribution in [0.1, 0.15) is 36.5 Å². The summed E-state index contributed by atoms with van der Waals surface area (Å²) in [6.07, 6.45) is 2.61. The molecule has 1 heterocycles. The van der Waals surface area contributed by atoms with E-state index in [1.807, 2.05) is 0 Å². The summed E-state index contributed by atoms with van der Waals surface area (Å²) in [6, 6.07) is 4.85. The Bertz CT molecular complexity index is 707. The van der Waals surface area contributed by atoms with Gasteiger partial charge in [-0.15, -0.1) is 0 Å². The maximum Gasteiger partial charge on any atom is 0.257 e. The van der Waals surface area contributed by atoms with Crippen molar-refractivity contribution in [3.63, 3.8) is 0 Å². The van der Waals surface area contributed by atoms with Crippen molar-refractivity contribution in [2.24, 2.45) is 11.7 Å². The quantitative estimate of drug-likeness (QED) is 0.454. The summed E-state index contributed by atoms with van der Waals surface area (Å²) in [7, 11) is 1.48. The lowest BCUT2D eigenvalue weighted by atomic mass is 9.97. The molecule has 2 amide bonds. The number of benzene rings is 1. The molecule has 2 rings (SSSR count). The molecular weight excluding hydrogens is 362 g/mol. The Hall–Kier alpha value is -2.61. The molecule has 1 fully saturated rings. The van der Waals surface area contributed by atoms with E-state index < -0.39 is 0 Å². The highest BCUT2D eigenvalue weighted by Crippen LogP contribution is 2.28. The number of rotatable bonds is 10. The van der Waals surface area contributed by atoms with Crippen LogP contribution in [0.4, 0.5) is 0 Å². The molecule has 1 atom stereocenters. The highest BCUT2D eigenvalue weighted by Gasteiger charge is 2.23. The Kier molecular flexibility index (Phi) is 8.25. The van der Waals surface area contributed by atoms with E-state index in [9.17, 15) is 14.4 Å². The van der Waals surface area contributed by atoms with E-state index in [1.54, 1.807) is 18.2 Å². The van der Waals surface area contributed by atoms with Crippen LogP contribution in [0.3, 0.4) is 0 Å². The number of primary amides is 1. The van der Waals surface area contributed by atoms with Crippen molar-refractivity contribution in [1.29, 1.82) is 0 Å². The predicted molar refractivity (Wildman–Crippen MR) is 104 cm³/mol. The molecule has 1 unspecified atom stereocenters. The van der Waals surface area contributed by atoms with Crippen LogP contribution in [0.2, 0.25) is 0 Å². The highest BCUT2D eigenvalue weighted by molar-refractivity contribution is 5.94. The zero-order chi connectivity index (χ0) is 20.5. The molecule has 1 aromatic carbocycles. The molecule has 3 N–H and O–H groups in total. The fourth-order valence-corrected chi connectivity index (χ4v) is 3.22. The second kappa shape index (κ2) is 10.7. The maximum absolute atomic E-state index is 12.0. The number of hydrogen-bond acceptors (Lipinski definition) is 6. The topological polar surface area (TPSA) is 111 Å². The van der Waals surface area contributed by atoms with E-state index in [4.69, 9.17) is 15.2 Å². The van der Waals surface area contributed by atoms with E-state index >= 15 is 0 Å². The van der Waals surface area contributed by atoms with Gasteiger partial charge in [0, 0.05) is 18.7 Å². The van der Waals surface area contributed by atoms with Gasteiger partial charge in [-0.1, -0.05) is 0 Å². The first-order valence-electron chi connectivity index (χ1n) is 9.51. The van der Waals surface area contributed by atoms with Crippen molar-refractivity contribution >= 4 is 17.6 Å². The number of methoxy groups -OCH3 is 1. The van der Waals surface area contributed by atoms with Crippen LogP contribution in [-0.4, -0.2) is 62.4 Å². The van der Waals surface area contributed by atoms with Crippen molar-refractivity contribution < 1.29 is 23.9 Å². The Labute approximate surface area is 165 Å². The summed E-state index contributed by atoms with van der Waals surface area (Å²) in [5, 5.41) is 2.82. The molecule has 8 nitrogen and oxygen atoms in total. The Balaban J connectivity index is 1.69. The van der Waals surface area contributed by atoms with Crippen LogP contribution in [0.25, 0.3) is 0 Å². The second-order valence-corrected chi connectivity index (χ2v) is 6.96. The molecule has 0 aliphatic carbocycles. The number of likely N-dealkylation sites (tertiary alicyclic amines) is 1. The van der Waals surface area contributed by atoms with Gasteiger partial charge < -0.3 is 25.4 Å². The van der Waals surface area contributed by atoms with E-state index in [2.05, 4.69) is 10.2 Å². The normalized spacial score (nSPS) is 17.0. The van der Waals surface area contributed by atoms with Gasteiger partial charge in [0.2, 0.25) is 5.91 Å². The first-order chi connectivity index (χ1) is 13.4. The average molecular weight is 391 g/mol. The van der Waals surface area contributed by atoms with Crippen molar-refractivity contribution in [1.82, 2.24) is 10.2 Å². The smallest absolute Gasteiger partial charge is 0.257 e. The number of nitrogens with zero attached hydrogens (tertiary/aromatic N) is 1. The lowest BCUT2D eigenvalue weighted by molar-refractivity contribution is -0.123. The summed E-state index contributed by atoms with van der Waals surface area (Å²) in [6.45, 7) is 4.33. The summed E-state index contributed by atoms with van der Waals surface area (Å²) in [5.41, 5.74) is 5.91. The SMILES string of the molecule is COc1cc(C(C)=O)ccc1OCC(=O)NCCCN1CCCC(C(N)=O)C1. The van der Waals surface area contributed by atoms with Crippen LogP contribution in [0.5, 0.6) is 11.5 Å². The van der Waals surface area contributed by atoms with Crippen molar-refractivity contribution in [3.05, 3.63) is 23.8 Å². The number of piperidine rings is 1. The first-order valence-corrected chi connectivity index (χ1v) is 9.51. The number of carbonyl (C=O) groups is 3. The minimum absolute atomic E-state index is 0.0684. The van der Waals surface area contributed by atoms with Gasteiger partial charge in [-0.25, -0.2) is 0 Å². The third kappa shape index (κ3) is 6.53. The molecular formula is C20H29N3O5. The molecule has 8 heteroatoms. The monoisotopic (exact) mass is 391 g/mol. The number of carbonyl (C=O) groups excluding carboxylic acids is 3. The minimum Gasteiger partial charge on any atom is -0.493 e.